The zero-order valence-electron chi connectivity index (χ0n) is 12.1. The van der Waals surface area contributed by atoms with Crippen molar-refractivity contribution >= 4 is 38.9 Å². The Morgan fingerprint density at radius 1 is 1.35 bits per heavy atom. The van der Waals surface area contributed by atoms with Crippen LogP contribution in [0.25, 0.3) is 0 Å². The van der Waals surface area contributed by atoms with Crippen molar-refractivity contribution in [3.05, 3.63) is 32.7 Å². The molecular weight excluding hydrogens is 336 g/mol. The Morgan fingerprint density at radius 3 is 2.65 bits per heavy atom. The summed E-state index contributed by atoms with van der Waals surface area (Å²) in [4.78, 5) is 11.3. The average Bonchev–Trinajstić information content (AvgIpc) is 2.83. The molecule has 1 N–H and O–H groups in total. The largest absolute Gasteiger partial charge is 0.373 e. The van der Waals surface area contributed by atoms with Gasteiger partial charge in [0.2, 0.25) is 0 Å². The molecule has 2 heterocycles. The molecule has 0 aliphatic rings. The fourth-order valence-electron chi connectivity index (χ4n) is 1.82. The third-order valence-electron chi connectivity index (χ3n) is 2.94. The minimum Gasteiger partial charge on any atom is -0.373 e. The standard InChI is InChI=1S/C14H19BrN4S/c1-9(2)14-17-12(16-3)6-13(18-14)19(4)7-10-5-11(15)20-8-10/h5-6,8-9H,7H2,1-4H3,(H,16,17,18). The van der Waals surface area contributed by atoms with Gasteiger partial charge in [-0.05, 0) is 32.9 Å². The van der Waals surface area contributed by atoms with Gasteiger partial charge in [-0.1, -0.05) is 13.8 Å². The molecule has 0 atom stereocenters. The average molecular weight is 355 g/mol. The third-order valence-corrected chi connectivity index (χ3v) is 4.49. The van der Waals surface area contributed by atoms with Crippen molar-refractivity contribution < 1.29 is 0 Å². The van der Waals surface area contributed by atoms with Crippen LogP contribution in [0.5, 0.6) is 0 Å². The maximum Gasteiger partial charge on any atom is 0.135 e. The molecule has 2 aromatic rings. The summed E-state index contributed by atoms with van der Waals surface area (Å²) in [5.41, 5.74) is 1.28. The van der Waals surface area contributed by atoms with Crippen LogP contribution in [0.4, 0.5) is 11.6 Å². The number of thiophene rings is 1. The van der Waals surface area contributed by atoms with Crippen molar-refractivity contribution in [1.82, 2.24) is 9.97 Å². The van der Waals surface area contributed by atoms with Gasteiger partial charge in [0.05, 0.1) is 3.79 Å². The van der Waals surface area contributed by atoms with Gasteiger partial charge in [-0.2, -0.15) is 0 Å². The van der Waals surface area contributed by atoms with Crippen LogP contribution in [-0.4, -0.2) is 24.1 Å². The normalized spacial score (nSPS) is 10.9. The predicted molar refractivity (Wildman–Crippen MR) is 89.8 cm³/mol. The third kappa shape index (κ3) is 3.70. The molecule has 0 bridgehead atoms. The summed E-state index contributed by atoms with van der Waals surface area (Å²) < 4.78 is 1.15. The van der Waals surface area contributed by atoms with Crippen molar-refractivity contribution in [3.8, 4) is 0 Å². The molecule has 2 rings (SSSR count). The molecular formula is C14H19BrN4S. The molecule has 2 aromatic heterocycles. The number of nitrogens with zero attached hydrogens (tertiary/aromatic N) is 3. The van der Waals surface area contributed by atoms with E-state index in [9.17, 15) is 0 Å². The monoisotopic (exact) mass is 354 g/mol. The highest BCUT2D eigenvalue weighted by atomic mass is 79.9. The van der Waals surface area contributed by atoms with Crippen LogP contribution in [0.15, 0.2) is 21.3 Å². The molecule has 0 amide bonds. The fourth-order valence-corrected chi connectivity index (χ4v) is 3.02. The second-order valence-corrected chi connectivity index (χ2v) is 7.28. The zero-order valence-corrected chi connectivity index (χ0v) is 14.5. The number of anilines is 2. The lowest BCUT2D eigenvalue weighted by molar-refractivity contribution is 0.764. The molecule has 0 radical (unpaired) electrons. The first-order valence-electron chi connectivity index (χ1n) is 6.50. The Bertz CT molecular complexity index is 582. The van der Waals surface area contributed by atoms with Crippen LogP contribution >= 0.6 is 27.3 Å². The molecule has 4 nitrogen and oxygen atoms in total. The summed E-state index contributed by atoms with van der Waals surface area (Å²) in [5, 5.41) is 5.26. The van der Waals surface area contributed by atoms with Crippen molar-refractivity contribution in [2.75, 3.05) is 24.3 Å². The number of aromatic nitrogens is 2. The van der Waals surface area contributed by atoms with Gasteiger partial charge in [0.25, 0.3) is 0 Å². The Hall–Kier alpha value is -1.14. The van der Waals surface area contributed by atoms with E-state index in [1.165, 1.54) is 5.56 Å². The Labute approximate surface area is 132 Å². The highest BCUT2D eigenvalue weighted by Crippen LogP contribution is 2.24. The Balaban J connectivity index is 2.24. The SMILES string of the molecule is CNc1cc(N(C)Cc2csc(Br)c2)nc(C(C)C)n1. The first-order chi connectivity index (χ1) is 9.49. The number of hydrogen-bond donors (Lipinski definition) is 1. The Kier molecular flexibility index (Phi) is 4.99. The van der Waals surface area contributed by atoms with Gasteiger partial charge in [-0.15, -0.1) is 11.3 Å². The van der Waals surface area contributed by atoms with Gasteiger partial charge in [0, 0.05) is 32.6 Å². The smallest absolute Gasteiger partial charge is 0.135 e. The molecule has 0 aliphatic carbocycles. The van der Waals surface area contributed by atoms with E-state index >= 15 is 0 Å². The molecule has 6 heteroatoms. The summed E-state index contributed by atoms with van der Waals surface area (Å²) in [5.74, 6) is 2.98. The van der Waals surface area contributed by atoms with Crippen molar-refractivity contribution in [2.24, 2.45) is 0 Å². The summed E-state index contributed by atoms with van der Waals surface area (Å²) in [6, 6.07) is 4.12. The van der Waals surface area contributed by atoms with Crippen molar-refractivity contribution in [1.29, 1.82) is 0 Å². The highest BCUT2D eigenvalue weighted by Gasteiger charge is 2.11. The summed E-state index contributed by atoms with van der Waals surface area (Å²) >= 11 is 5.20. The van der Waals surface area contributed by atoms with Gasteiger partial charge in [0.1, 0.15) is 17.5 Å². The van der Waals surface area contributed by atoms with Gasteiger partial charge in [0.15, 0.2) is 0 Å². The van der Waals surface area contributed by atoms with Gasteiger partial charge in [-0.25, -0.2) is 9.97 Å². The summed E-state index contributed by atoms with van der Waals surface area (Å²) in [6.45, 7) is 5.04. The van der Waals surface area contributed by atoms with Crippen molar-refractivity contribution in [2.45, 2.75) is 26.3 Å². The van der Waals surface area contributed by atoms with E-state index in [-0.39, 0.29) is 0 Å². The van der Waals surface area contributed by atoms with E-state index in [2.05, 4.69) is 68.5 Å². The molecule has 0 aromatic carbocycles. The minimum atomic E-state index is 0.311. The first-order valence-corrected chi connectivity index (χ1v) is 8.17. The van der Waals surface area contributed by atoms with Crippen LogP contribution < -0.4 is 10.2 Å². The number of hydrogen-bond acceptors (Lipinski definition) is 5. The highest BCUT2D eigenvalue weighted by molar-refractivity contribution is 9.11. The maximum atomic E-state index is 4.65. The van der Waals surface area contributed by atoms with Crippen LogP contribution in [0.2, 0.25) is 0 Å². The van der Waals surface area contributed by atoms with E-state index in [0.717, 1.165) is 27.8 Å². The first kappa shape index (κ1) is 15.3. The van der Waals surface area contributed by atoms with Crippen LogP contribution in [-0.2, 0) is 6.54 Å². The van der Waals surface area contributed by atoms with Crippen molar-refractivity contribution in [3.63, 3.8) is 0 Å². The van der Waals surface area contributed by atoms with E-state index < -0.39 is 0 Å². The lowest BCUT2D eigenvalue weighted by Gasteiger charge is -2.19. The quantitative estimate of drug-likeness (QED) is 0.877. The van der Waals surface area contributed by atoms with E-state index in [1.54, 1.807) is 11.3 Å². The van der Waals surface area contributed by atoms with Crippen LogP contribution in [0, 0.1) is 0 Å². The molecule has 0 aliphatic heterocycles. The molecule has 108 valence electrons. The molecule has 0 saturated carbocycles. The van der Waals surface area contributed by atoms with Gasteiger partial charge < -0.3 is 10.2 Å². The predicted octanol–water partition coefficient (Wildman–Crippen LogP) is 4.10. The number of nitrogens with one attached hydrogen (secondary N) is 1. The summed E-state index contributed by atoms with van der Waals surface area (Å²) in [6.07, 6.45) is 0. The zero-order chi connectivity index (χ0) is 14.7. The van der Waals surface area contributed by atoms with E-state index in [4.69, 9.17) is 0 Å². The summed E-state index contributed by atoms with van der Waals surface area (Å²) in [7, 11) is 3.93. The minimum absolute atomic E-state index is 0.311. The molecule has 0 saturated heterocycles. The topological polar surface area (TPSA) is 41.0 Å². The Morgan fingerprint density at radius 2 is 2.10 bits per heavy atom. The second kappa shape index (κ2) is 6.54. The number of halogens is 1. The molecule has 0 fully saturated rings. The molecule has 0 unspecified atom stereocenters. The van der Waals surface area contributed by atoms with Gasteiger partial charge in [-0.3, -0.25) is 0 Å². The maximum absolute atomic E-state index is 4.65. The lowest BCUT2D eigenvalue weighted by atomic mass is 10.2. The number of rotatable bonds is 5. The van der Waals surface area contributed by atoms with Crippen LogP contribution in [0.3, 0.4) is 0 Å². The van der Waals surface area contributed by atoms with E-state index in [1.807, 2.05) is 13.1 Å². The molecule has 0 spiro atoms. The van der Waals surface area contributed by atoms with Crippen LogP contribution in [0.1, 0.15) is 31.2 Å². The molecule has 20 heavy (non-hydrogen) atoms. The fraction of sp³-hybridized carbons (Fsp3) is 0.429. The van der Waals surface area contributed by atoms with E-state index in [0.29, 0.717) is 5.92 Å². The van der Waals surface area contributed by atoms with Gasteiger partial charge >= 0.3 is 0 Å². The lowest BCUT2D eigenvalue weighted by Crippen LogP contribution is -2.19. The second-order valence-electron chi connectivity index (χ2n) is 4.99.